The van der Waals surface area contributed by atoms with Gasteiger partial charge in [0.25, 0.3) is 0 Å². The molecule has 1 N–H and O–H groups in total. The van der Waals surface area contributed by atoms with E-state index in [0.717, 1.165) is 5.70 Å². The van der Waals surface area contributed by atoms with Crippen LogP contribution in [-0.2, 0) is 0 Å². The quantitative estimate of drug-likeness (QED) is 0.465. The van der Waals surface area contributed by atoms with Gasteiger partial charge in [0.15, 0.2) is 0 Å². The van der Waals surface area contributed by atoms with Crippen LogP contribution < -0.4 is 0 Å². The molecule has 0 bridgehead atoms. The van der Waals surface area contributed by atoms with Gasteiger partial charge < -0.3 is 5.11 Å². The number of nitrogens with zero attached hydrogens (tertiary/aromatic N) is 1. The summed E-state index contributed by atoms with van der Waals surface area (Å²) in [5, 5.41) is 8.51. The number of rotatable bonds is 4. The molecule has 0 amide bonds. The largest absolute Gasteiger partial charge is 0.396 e. The van der Waals surface area contributed by atoms with Crippen LogP contribution in [-0.4, -0.2) is 18.4 Å². The molecule has 0 unspecified atom stereocenters. The molecule has 0 aliphatic rings. The summed E-state index contributed by atoms with van der Waals surface area (Å²) in [4.78, 5) is 3.72. The maximum atomic E-state index is 8.51. The van der Waals surface area contributed by atoms with Gasteiger partial charge >= 0.3 is 0 Å². The molecule has 10 heavy (non-hydrogen) atoms. The molecule has 0 aliphatic carbocycles. The van der Waals surface area contributed by atoms with Gasteiger partial charge in [-0.15, -0.1) is 0 Å². The van der Waals surface area contributed by atoms with Gasteiger partial charge in [-0.3, -0.25) is 4.99 Å². The smallest absolute Gasteiger partial charge is 0.0486 e. The van der Waals surface area contributed by atoms with Gasteiger partial charge in [-0.05, 0) is 19.7 Å². The van der Waals surface area contributed by atoms with E-state index < -0.39 is 0 Å². The van der Waals surface area contributed by atoms with Crippen molar-refractivity contribution in [1.29, 1.82) is 0 Å². The maximum Gasteiger partial charge on any atom is 0.0486 e. The summed E-state index contributed by atoms with van der Waals surface area (Å²) in [6.45, 7) is 5.42. The Labute approximate surface area is 61.6 Å². The van der Waals surface area contributed by atoms with Crippen molar-refractivity contribution in [2.45, 2.75) is 13.3 Å². The third-order valence-corrected chi connectivity index (χ3v) is 1.05. The monoisotopic (exact) mass is 139 g/mol. The van der Waals surface area contributed by atoms with Gasteiger partial charge in [0, 0.05) is 18.7 Å². The van der Waals surface area contributed by atoms with Gasteiger partial charge in [-0.25, -0.2) is 0 Å². The van der Waals surface area contributed by atoms with E-state index in [9.17, 15) is 0 Å². The fourth-order valence-electron chi connectivity index (χ4n) is 0.537. The summed E-state index contributed by atoms with van der Waals surface area (Å²) < 4.78 is 0. The van der Waals surface area contributed by atoms with Crippen LogP contribution in [0.1, 0.15) is 13.3 Å². The van der Waals surface area contributed by atoms with Gasteiger partial charge in [0.05, 0.1) is 0 Å². The zero-order valence-corrected chi connectivity index (χ0v) is 6.25. The van der Waals surface area contributed by atoms with E-state index in [4.69, 9.17) is 5.11 Å². The molecule has 56 valence electrons. The number of hydrogen-bond donors (Lipinski definition) is 1. The van der Waals surface area contributed by atoms with E-state index in [2.05, 4.69) is 11.7 Å². The van der Waals surface area contributed by atoms with Crippen molar-refractivity contribution in [3.8, 4) is 0 Å². The van der Waals surface area contributed by atoms with Crippen LogP contribution in [0.5, 0.6) is 0 Å². The van der Waals surface area contributed by atoms with Crippen LogP contribution in [0.4, 0.5) is 0 Å². The Morgan fingerprint density at radius 2 is 2.40 bits per heavy atom. The van der Waals surface area contributed by atoms with E-state index in [0.29, 0.717) is 6.42 Å². The number of aliphatic hydroxyl groups is 1. The first-order valence-electron chi connectivity index (χ1n) is 3.24. The fraction of sp³-hybridized carbons (Fsp3) is 0.375. The minimum atomic E-state index is 0.127. The molecular formula is C8H13NO. The van der Waals surface area contributed by atoms with Gasteiger partial charge in [-0.2, -0.15) is 0 Å². The van der Waals surface area contributed by atoms with Gasteiger partial charge in [0.1, 0.15) is 0 Å². The summed E-state index contributed by atoms with van der Waals surface area (Å²) in [5.41, 5.74) is 0.820. The topological polar surface area (TPSA) is 32.6 Å². The molecule has 2 heteroatoms. The van der Waals surface area contributed by atoms with Crippen LogP contribution >= 0.6 is 0 Å². The minimum Gasteiger partial charge on any atom is -0.396 e. The Balaban J connectivity index is 3.90. The Bertz CT molecular complexity index is 147. The lowest BCUT2D eigenvalue weighted by molar-refractivity contribution is 0.299. The first kappa shape index (κ1) is 9.11. The van der Waals surface area contributed by atoms with Gasteiger partial charge in [-0.1, -0.05) is 12.2 Å². The first-order chi connectivity index (χ1) is 4.85. The van der Waals surface area contributed by atoms with Crippen molar-refractivity contribution in [3.63, 3.8) is 0 Å². The number of hydrogen-bond acceptors (Lipinski definition) is 2. The molecule has 0 aromatic rings. The average Bonchev–Trinajstić information content (AvgIpc) is 1.98. The highest BCUT2D eigenvalue weighted by atomic mass is 16.3. The molecular weight excluding hydrogens is 126 g/mol. The normalized spacial score (nSPS) is 12.4. The SMILES string of the molecule is C=N/C(=C\C=C/C)CCO. The van der Waals surface area contributed by atoms with Crippen LogP contribution in [0.25, 0.3) is 0 Å². The second-order valence-electron chi connectivity index (χ2n) is 1.82. The number of aliphatic imine (C=N–C) groups is 1. The molecule has 2 nitrogen and oxygen atoms in total. The third kappa shape index (κ3) is 4.04. The zero-order valence-electron chi connectivity index (χ0n) is 6.25. The molecule has 0 fully saturated rings. The molecule has 0 rings (SSSR count). The van der Waals surface area contributed by atoms with Crippen molar-refractivity contribution in [3.05, 3.63) is 23.9 Å². The minimum absolute atomic E-state index is 0.127. The van der Waals surface area contributed by atoms with E-state index >= 15 is 0 Å². The zero-order chi connectivity index (χ0) is 7.82. The second kappa shape index (κ2) is 6.23. The van der Waals surface area contributed by atoms with Crippen molar-refractivity contribution >= 4 is 6.72 Å². The summed E-state index contributed by atoms with van der Waals surface area (Å²) in [5.74, 6) is 0. The van der Waals surface area contributed by atoms with Crippen molar-refractivity contribution in [2.75, 3.05) is 6.61 Å². The van der Waals surface area contributed by atoms with E-state index in [1.807, 2.05) is 25.2 Å². The van der Waals surface area contributed by atoms with Crippen molar-refractivity contribution in [1.82, 2.24) is 0 Å². The summed E-state index contributed by atoms with van der Waals surface area (Å²) in [6.07, 6.45) is 6.19. The molecule has 0 spiro atoms. The molecule has 0 aliphatic heterocycles. The van der Waals surface area contributed by atoms with E-state index in [1.54, 1.807) is 0 Å². The fourth-order valence-corrected chi connectivity index (χ4v) is 0.537. The molecule has 0 aromatic heterocycles. The van der Waals surface area contributed by atoms with E-state index in [-0.39, 0.29) is 6.61 Å². The lowest BCUT2D eigenvalue weighted by Crippen LogP contribution is -1.83. The molecule has 0 saturated heterocycles. The highest BCUT2D eigenvalue weighted by Crippen LogP contribution is 2.00. The van der Waals surface area contributed by atoms with Crippen molar-refractivity contribution in [2.24, 2.45) is 4.99 Å². The lowest BCUT2D eigenvalue weighted by Gasteiger charge is -1.93. The van der Waals surface area contributed by atoms with Crippen molar-refractivity contribution < 1.29 is 5.11 Å². The first-order valence-corrected chi connectivity index (χ1v) is 3.24. The predicted octanol–water partition coefficient (Wildman–Crippen LogP) is 1.53. The second-order valence-corrected chi connectivity index (χ2v) is 1.82. The Hall–Kier alpha value is -0.890. The summed E-state index contributed by atoms with van der Waals surface area (Å²) in [7, 11) is 0. The number of aliphatic hydroxyl groups excluding tert-OH is 1. The Kier molecular flexibility index (Phi) is 5.68. The highest BCUT2D eigenvalue weighted by molar-refractivity contribution is 5.30. The van der Waals surface area contributed by atoms with Gasteiger partial charge in [0.2, 0.25) is 0 Å². The average molecular weight is 139 g/mol. The molecule has 0 heterocycles. The molecule has 0 atom stereocenters. The summed E-state index contributed by atoms with van der Waals surface area (Å²) >= 11 is 0. The van der Waals surface area contributed by atoms with Crippen LogP contribution in [0.15, 0.2) is 28.9 Å². The highest BCUT2D eigenvalue weighted by Gasteiger charge is 1.87. The van der Waals surface area contributed by atoms with Crippen LogP contribution in [0, 0.1) is 0 Å². The Morgan fingerprint density at radius 3 is 2.80 bits per heavy atom. The predicted molar refractivity (Wildman–Crippen MR) is 44.1 cm³/mol. The number of allylic oxidation sites excluding steroid dienone is 3. The lowest BCUT2D eigenvalue weighted by atomic mass is 10.3. The molecule has 0 saturated carbocycles. The Morgan fingerprint density at radius 1 is 1.70 bits per heavy atom. The standard InChI is InChI=1S/C8H13NO/c1-3-4-5-8(9-2)6-7-10/h3-5,10H,2,6-7H2,1H3/b4-3-,8-5-. The maximum absolute atomic E-state index is 8.51. The van der Waals surface area contributed by atoms with Crippen LogP contribution in [0.2, 0.25) is 0 Å². The molecule has 0 aromatic carbocycles. The van der Waals surface area contributed by atoms with E-state index in [1.165, 1.54) is 0 Å². The third-order valence-electron chi connectivity index (χ3n) is 1.05. The molecule has 0 radical (unpaired) electrons. The van der Waals surface area contributed by atoms with Crippen LogP contribution in [0.3, 0.4) is 0 Å². The summed E-state index contributed by atoms with van der Waals surface area (Å²) in [6, 6.07) is 0.